The minimum absolute atomic E-state index is 0.756. The predicted octanol–water partition coefficient (Wildman–Crippen LogP) is 3.28. The molecule has 0 aromatic carbocycles. The lowest BCUT2D eigenvalue weighted by Gasteiger charge is -1.93. The second-order valence-electron chi connectivity index (χ2n) is 3.07. The first-order valence-electron chi connectivity index (χ1n) is 4.71. The number of aromatic nitrogens is 1. The lowest BCUT2D eigenvalue weighted by Crippen LogP contribution is -2.11. The summed E-state index contributed by atoms with van der Waals surface area (Å²) in [5, 5.41) is 7.20. The van der Waals surface area contributed by atoms with Gasteiger partial charge in [-0.3, -0.25) is 0 Å². The topological polar surface area (TPSA) is 38.1 Å². The Morgan fingerprint density at radius 2 is 2.40 bits per heavy atom. The molecule has 0 aliphatic rings. The van der Waals surface area contributed by atoms with Gasteiger partial charge in [0.25, 0.3) is 0 Å². The fourth-order valence-electron chi connectivity index (χ4n) is 1.21. The van der Waals surface area contributed by atoms with Gasteiger partial charge in [-0.15, -0.1) is 11.3 Å². The summed E-state index contributed by atoms with van der Waals surface area (Å²) in [6.45, 7) is 3.76. The van der Waals surface area contributed by atoms with Crippen molar-refractivity contribution < 1.29 is 4.52 Å². The van der Waals surface area contributed by atoms with Crippen molar-refractivity contribution in [1.29, 1.82) is 0 Å². The highest BCUT2D eigenvalue weighted by atomic mass is 79.9. The van der Waals surface area contributed by atoms with E-state index in [9.17, 15) is 0 Å². The van der Waals surface area contributed by atoms with Crippen molar-refractivity contribution >= 4 is 27.3 Å². The van der Waals surface area contributed by atoms with Crippen LogP contribution < -0.4 is 5.32 Å². The minimum atomic E-state index is 0.756. The highest BCUT2D eigenvalue weighted by Gasteiger charge is 2.08. The summed E-state index contributed by atoms with van der Waals surface area (Å²) in [6.07, 6.45) is 0. The molecule has 0 aliphatic carbocycles. The van der Waals surface area contributed by atoms with Crippen LogP contribution in [0.2, 0.25) is 0 Å². The molecule has 0 saturated carbocycles. The van der Waals surface area contributed by atoms with Crippen molar-refractivity contribution in [3.8, 4) is 10.6 Å². The zero-order valence-corrected chi connectivity index (χ0v) is 10.7. The minimum Gasteiger partial charge on any atom is -0.355 e. The highest BCUT2D eigenvalue weighted by molar-refractivity contribution is 9.11. The Hall–Kier alpha value is -0.650. The lowest BCUT2D eigenvalue weighted by atomic mass is 10.3. The van der Waals surface area contributed by atoms with E-state index >= 15 is 0 Å². The molecule has 0 amide bonds. The maximum absolute atomic E-state index is 5.26. The normalized spacial score (nSPS) is 10.8. The summed E-state index contributed by atoms with van der Waals surface area (Å²) >= 11 is 5.06. The number of thiophene rings is 1. The fourth-order valence-corrected chi connectivity index (χ4v) is 2.55. The van der Waals surface area contributed by atoms with Gasteiger partial charge in [-0.25, -0.2) is 0 Å². The molecule has 0 radical (unpaired) electrons. The van der Waals surface area contributed by atoms with Crippen molar-refractivity contribution in [2.75, 3.05) is 6.54 Å². The number of halogens is 1. The highest BCUT2D eigenvalue weighted by Crippen LogP contribution is 2.31. The van der Waals surface area contributed by atoms with Gasteiger partial charge in [-0.1, -0.05) is 12.1 Å². The first-order chi connectivity index (χ1) is 7.29. The third kappa shape index (κ3) is 2.68. The third-order valence-corrected chi connectivity index (χ3v) is 3.57. The molecule has 0 aliphatic heterocycles. The van der Waals surface area contributed by atoms with Gasteiger partial charge in [0.2, 0.25) is 0 Å². The Bertz CT molecular complexity index is 438. The average Bonchev–Trinajstić information content (AvgIpc) is 2.83. The molecule has 1 N–H and O–H groups in total. The molecule has 0 unspecified atom stereocenters. The Morgan fingerprint density at radius 1 is 1.53 bits per heavy atom. The third-order valence-electron chi connectivity index (χ3n) is 1.93. The molecule has 0 bridgehead atoms. The van der Waals surface area contributed by atoms with Crippen LogP contribution in [-0.4, -0.2) is 11.7 Å². The first kappa shape index (κ1) is 10.9. The van der Waals surface area contributed by atoms with Crippen molar-refractivity contribution in [2.45, 2.75) is 13.5 Å². The van der Waals surface area contributed by atoms with Gasteiger partial charge < -0.3 is 9.84 Å². The van der Waals surface area contributed by atoms with Crippen LogP contribution in [-0.2, 0) is 6.54 Å². The summed E-state index contributed by atoms with van der Waals surface area (Å²) in [6, 6.07) is 6.00. The summed E-state index contributed by atoms with van der Waals surface area (Å²) in [4.78, 5) is 1.09. The largest absolute Gasteiger partial charge is 0.355 e. The molecule has 0 atom stereocenters. The summed E-state index contributed by atoms with van der Waals surface area (Å²) in [5.41, 5.74) is 0.941. The van der Waals surface area contributed by atoms with Crippen LogP contribution in [0.4, 0.5) is 0 Å². The monoisotopic (exact) mass is 286 g/mol. The van der Waals surface area contributed by atoms with Crippen LogP contribution in [0.5, 0.6) is 0 Å². The van der Waals surface area contributed by atoms with Crippen LogP contribution in [0.1, 0.15) is 12.6 Å². The number of rotatable bonds is 4. The second kappa shape index (κ2) is 4.92. The molecule has 2 aromatic heterocycles. The maximum Gasteiger partial charge on any atom is 0.177 e. The van der Waals surface area contributed by atoms with Gasteiger partial charge in [0.05, 0.1) is 14.4 Å². The molecule has 3 nitrogen and oxygen atoms in total. The van der Waals surface area contributed by atoms with Crippen LogP contribution in [0.15, 0.2) is 26.5 Å². The molecule has 2 rings (SSSR count). The van der Waals surface area contributed by atoms with Crippen molar-refractivity contribution in [1.82, 2.24) is 10.5 Å². The van der Waals surface area contributed by atoms with Crippen molar-refractivity contribution in [2.24, 2.45) is 0 Å². The standard InChI is InChI=1S/C10H11BrN2OS/c1-2-12-6-7-5-8(14-13-7)9-3-4-10(11)15-9/h3-5,12H,2,6H2,1H3. The van der Waals surface area contributed by atoms with E-state index in [-0.39, 0.29) is 0 Å². The van der Waals surface area contributed by atoms with Gasteiger partial charge in [0.1, 0.15) is 0 Å². The molecule has 15 heavy (non-hydrogen) atoms. The number of nitrogens with one attached hydrogen (secondary N) is 1. The van der Waals surface area contributed by atoms with Crippen LogP contribution in [0.3, 0.4) is 0 Å². The lowest BCUT2D eigenvalue weighted by molar-refractivity contribution is 0.421. The Balaban J connectivity index is 2.13. The summed E-state index contributed by atoms with van der Waals surface area (Å²) in [5.74, 6) is 0.832. The quantitative estimate of drug-likeness (QED) is 0.937. The van der Waals surface area contributed by atoms with Gasteiger partial charge in [-0.2, -0.15) is 0 Å². The van der Waals surface area contributed by atoms with E-state index in [1.54, 1.807) is 11.3 Å². The fraction of sp³-hybridized carbons (Fsp3) is 0.300. The number of hydrogen-bond acceptors (Lipinski definition) is 4. The van der Waals surface area contributed by atoms with Gasteiger partial charge in [0.15, 0.2) is 5.76 Å². The van der Waals surface area contributed by atoms with E-state index in [2.05, 4.69) is 33.3 Å². The zero-order valence-electron chi connectivity index (χ0n) is 8.29. The van der Waals surface area contributed by atoms with Crippen LogP contribution in [0.25, 0.3) is 10.6 Å². The van der Waals surface area contributed by atoms with Crippen molar-refractivity contribution in [3.05, 3.63) is 27.7 Å². The Morgan fingerprint density at radius 3 is 3.07 bits per heavy atom. The first-order valence-corrected chi connectivity index (χ1v) is 6.32. The van der Waals surface area contributed by atoms with Crippen LogP contribution in [0, 0.1) is 0 Å². The smallest absolute Gasteiger partial charge is 0.177 e. The molecule has 0 saturated heterocycles. The van der Waals surface area contributed by atoms with Crippen LogP contribution >= 0.6 is 27.3 Å². The molecule has 2 heterocycles. The molecule has 0 fully saturated rings. The van der Waals surface area contributed by atoms with E-state index in [1.807, 2.05) is 18.2 Å². The molecule has 2 aromatic rings. The Kier molecular flexibility index (Phi) is 3.56. The molecular formula is C10H11BrN2OS. The van der Waals surface area contributed by atoms with E-state index in [0.29, 0.717) is 0 Å². The number of nitrogens with zero attached hydrogens (tertiary/aromatic N) is 1. The summed E-state index contributed by atoms with van der Waals surface area (Å²) in [7, 11) is 0. The molecule has 0 spiro atoms. The molecule has 80 valence electrons. The van der Waals surface area contributed by atoms with Crippen molar-refractivity contribution in [3.63, 3.8) is 0 Å². The van der Waals surface area contributed by atoms with E-state index in [1.165, 1.54) is 0 Å². The molecule has 5 heteroatoms. The Labute approximate surface area is 101 Å². The molecular weight excluding hydrogens is 276 g/mol. The zero-order chi connectivity index (χ0) is 10.7. The maximum atomic E-state index is 5.26. The summed E-state index contributed by atoms with van der Waals surface area (Å²) < 4.78 is 6.36. The van der Waals surface area contributed by atoms with Gasteiger partial charge in [-0.05, 0) is 34.6 Å². The SMILES string of the molecule is CCNCc1cc(-c2ccc(Br)s2)on1. The van der Waals surface area contributed by atoms with E-state index in [4.69, 9.17) is 4.52 Å². The predicted molar refractivity (Wildman–Crippen MR) is 64.9 cm³/mol. The van der Waals surface area contributed by atoms with E-state index < -0.39 is 0 Å². The van der Waals surface area contributed by atoms with Gasteiger partial charge >= 0.3 is 0 Å². The second-order valence-corrected chi connectivity index (χ2v) is 5.53. The van der Waals surface area contributed by atoms with Gasteiger partial charge in [0, 0.05) is 12.6 Å². The number of hydrogen-bond donors (Lipinski definition) is 1. The van der Waals surface area contributed by atoms with E-state index in [0.717, 1.165) is 33.2 Å². The average molecular weight is 287 g/mol.